The Morgan fingerprint density at radius 2 is 1.84 bits per heavy atom. The molecule has 0 aromatic carbocycles. The molecule has 1 aromatic rings. The van der Waals surface area contributed by atoms with Gasteiger partial charge >= 0.3 is 0 Å². The van der Waals surface area contributed by atoms with Crippen LogP contribution in [0.15, 0.2) is 0 Å². The van der Waals surface area contributed by atoms with Crippen LogP contribution in [0.5, 0.6) is 0 Å². The zero-order valence-electron chi connectivity index (χ0n) is 12.8. The highest BCUT2D eigenvalue weighted by molar-refractivity contribution is 7.11. The summed E-state index contributed by atoms with van der Waals surface area (Å²) >= 11 is 1.83. The third-order valence-electron chi connectivity index (χ3n) is 3.93. The van der Waals surface area contributed by atoms with Crippen LogP contribution in [0.25, 0.3) is 0 Å². The summed E-state index contributed by atoms with van der Waals surface area (Å²) in [4.78, 5) is 0. The van der Waals surface area contributed by atoms with Gasteiger partial charge in [0, 0.05) is 23.9 Å². The topological polar surface area (TPSA) is 37.8 Å². The van der Waals surface area contributed by atoms with Crippen molar-refractivity contribution < 1.29 is 0 Å². The smallest absolute Gasteiger partial charge is 0.123 e. The van der Waals surface area contributed by atoms with Crippen LogP contribution < -0.4 is 5.32 Å². The van der Waals surface area contributed by atoms with Crippen LogP contribution in [-0.4, -0.2) is 22.3 Å². The van der Waals surface area contributed by atoms with E-state index in [0.717, 1.165) is 13.0 Å². The molecule has 1 N–H and O–H groups in total. The fourth-order valence-electron chi connectivity index (χ4n) is 2.69. The van der Waals surface area contributed by atoms with Gasteiger partial charge in [-0.1, -0.05) is 26.2 Å². The van der Waals surface area contributed by atoms with Crippen LogP contribution in [-0.2, 0) is 11.8 Å². The molecular weight excluding hydrogens is 254 g/mol. The van der Waals surface area contributed by atoms with Gasteiger partial charge in [0.25, 0.3) is 0 Å². The molecule has 1 saturated carbocycles. The quantitative estimate of drug-likeness (QED) is 0.914. The summed E-state index contributed by atoms with van der Waals surface area (Å²) in [5, 5.41) is 14.8. The van der Waals surface area contributed by atoms with Crippen molar-refractivity contribution in [1.29, 1.82) is 0 Å². The lowest BCUT2D eigenvalue weighted by Gasteiger charge is -2.30. The number of hydrogen-bond donors (Lipinski definition) is 1. The Morgan fingerprint density at radius 3 is 2.47 bits per heavy atom. The normalized spacial score (nSPS) is 19.6. The van der Waals surface area contributed by atoms with E-state index < -0.39 is 0 Å². The molecule has 1 heterocycles. The van der Waals surface area contributed by atoms with Crippen molar-refractivity contribution in [3.8, 4) is 0 Å². The van der Waals surface area contributed by atoms with Crippen molar-refractivity contribution >= 4 is 11.3 Å². The van der Waals surface area contributed by atoms with Crippen molar-refractivity contribution in [2.24, 2.45) is 0 Å². The van der Waals surface area contributed by atoms with Crippen LogP contribution in [0.4, 0.5) is 0 Å². The first-order chi connectivity index (χ1) is 8.89. The zero-order chi connectivity index (χ0) is 13.9. The van der Waals surface area contributed by atoms with E-state index in [0.29, 0.717) is 5.41 Å². The first-order valence-corrected chi connectivity index (χ1v) is 8.29. The third-order valence-corrected chi connectivity index (χ3v) is 5.22. The second-order valence-electron chi connectivity index (χ2n) is 7.05. The number of aromatic nitrogens is 2. The predicted molar refractivity (Wildman–Crippen MR) is 81.8 cm³/mol. The lowest BCUT2D eigenvalue weighted by Crippen LogP contribution is -2.37. The lowest BCUT2D eigenvalue weighted by molar-refractivity contribution is 0.317. The molecule has 1 fully saturated rings. The summed E-state index contributed by atoms with van der Waals surface area (Å²) in [7, 11) is 0. The van der Waals surface area contributed by atoms with E-state index >= 15 is 0 Å². The second-order valence-corrected chi connectivity index (χ2v) is 8.11. The van der Waals surface area contributed by atoms with Crippen molar-refractivity contribution in [3.63, 3.8) is 0 Å². The molecule has 4 heteroatoms. The van der Waals surface area contributed by atoms with Gasteiger partial charge in [0.05, 0.1) is 0 Å². The fourth-order valence-corrected chi connectivity index (χ4v) is 3.73. The van der Waals surface area contributed by atoms with Gasteiger partial charge in [-0.3, -0.25) is 0 Å². The molecule has 108 valence electrons. The number of rotatable bonds is 4. The van der Waals surface area contributed by atoms with E-state index in [1.54, 1.807) is 0 Å². The van der Waals surface area contributed by atoms with Gasteiger partial charge in [0.1, 0.15) is 10.0 Å². The SMILES string of the molecule is CC(C)(C)NCCc1nnc(C2(C)CCCCC2)s1. The van der Waals surface area contributed by atoms with Crippen LogP contribution in [0.2, 0.25) is 0 Å². The van der Waals surface area contributed by atoms with E-state index in [1.165, 1.54) is 42.1 Å². The summed E-state index contributed by atoms with van der Waals surface area (Å²) in [5.41, 5.74) is 0.481. The molecular formula is C15H27N3S. The first-order valence-electron chi connectivity index (χ1n) is 7.47. The predicted octanol–water partition coefficient (Wildman–Crippen LogP) is 3.69. The third kappa shape index (κ3) is 4.25. The molecule has 1 aromatic heterocycles. The molecule has 0 atom stereocenters. The second kappa shape index (κ2) is 5.88. The molecule has 0 saturated heterocycles. The van der Waals surface area contributed by atoms with Crippen molar-refractivity contribution in [1.82, 2.24) is 15.5 Å². The van der Waals surface area contributed by atoms with E-state index in [2.05, 4.69) is 43.2 Å². The Morgan fingerprint density at radius 1 is 1.16 bits per heavy atom. The summed E-state index contributed by atoms with van der Waals surface area (Å²) < 4.78 is 0. The molecule has 0 amide bonds. The lowest BCUT2D eigenvalue weighted by atomic mass is 9.76. The average molecular weight is 281 g/mol. The van der Waals surface area contributed by atoms with Gasteiger partial charge in [0.2, 0.25) is 0 Å². The molecule has 0 spiro atoms. The van der Waals surface area contributed by atoms with Crippen LogP contribution >= 0.6 is 11.3 Å². The molecule has 0 bridgehead atoms. The summed E-state index contributed by atoms with van der Waals surface area (Å²) in [6.07, 6.45) is 7.62. The van der Waals surface area contributed by atoms with Crippen molar-refractivity contribution in [3.05, 3.63) is 10.0 Å². The Balaban J connectivity index is 1.91. The average Bonchev–Trinajstić information content (AvgIpc) is 2.78. The Hall–Kier alpha value is -0.480. The van der Waals surface area contributed by atoms with Gasteiger partial charge < -0.3 is 5.32 Å². The van der Waals surface area contributed by atoms with Gasteiger partial charge in [0.15, 0.2) is 0 Å². The zero-order valence-corrected chi connectivity index (χ0v) is 13.6. The number of nitrogens with one attached hydrogen (secondary N) is 1. The van der Waals surface area contributed by atoms with Crippen molar-refractivity contribution in [2.45, 2.75) is 77.2 Å². The van der Waals surface area contributed by atoms with Gasteiger partial charge in [-0.05, 0) is 33.6 Å². The highest BCUT2D eigenvalue weighted by Crippen LogP contribution is 2.40. The first kappa shape index (κ1) is 14.9. The summed E-state index contributed by atoms with van der Waals surface area (Å²) in [5.74, 6) is 0. The molecule has 1 aliphatic carbocycles. The summed E-state index contributed by atoms with van der Waals surface area (Å²) in [6.45, 7) is 9.93. The largest absolute Gasteiger partial charge is 0.312 e. The molecule has 19 heavy (non-hydrogen) atoms. The highest BCUT2D eigenvalue weighted by Gasteiger charge is 2.32. The fraction of sp³-hybridized carbons (Fsp3) is 0.867. The molecule has 1 aliphatic rings. The minimum Gasteiger partial charge on any atom is -0.312 e. The van der Waals surface area contributed by atoms with Crippen LogP contribution in [0, 0.1) is 0 Å². The number of nitrogens with zero attached hydrogens (tertiary/aromatic N) is 2. The summed E-state index contributed by atoms with van der Waals surface area (Å²) in [6, 6.07) is 0. The van der Waals surface area contributed by atoms with Gasteiger partial charge in [-0.2, -0.15) is 0 Å². The Kier molecular flexibility index (Phi) is 4.62. The van der Waals surface area contributed by atoms with E-state index in [1.807, 2.05) is 11.3 Å². The van der Waals surface area contributed by atoms with Gasteiger partial charge in [-0.25, -0.2) is 0 Å². The maximum atomic E-state index is 4.47. The number of hydrogen-bond acceptors (Lipinski definition) is 4. The van der Waals surface area contributed by atoms with Crippen LogP contribution in [0.1, 0.15) is 69.8 Å². The minimum absolute atomic E-state index is 0.183. The maximum Gasteiger partial charge on any atom is 0.123 e. The highest BCUT2D eigenvalue weighted by atomic mass is 32.1. The Bertz CT molecular complexity index is 400. The Labute approximate surface area is 121 Å². The monoisotopic (exact) mass is 281 g/mol. The molecule has 0 radical (unpaired) electrons. The van der Waals surface area contributed by atoms with E-state index in [4.69, 9.17) is 0 Å². The minimum atomic E-state index is 0.183. The van der Waals surface area contributed by atoms with Crippen molar-refractivity contribution in [2.75, 3.05) is 6.54 Å². The molecule has 3 nitrogen and oxygen atoms in total. The van der Waals surface area contributed by atoms with E-state index in [9.17, 15) is 0 Å². The molecule has 2 rings (SSSR count). The standard InChI is InChI=1S/C15H27N3S/c1-14(2,3)16-11-8-12-17-18-13(19-12)15(4)9-6-5-7-10-15/h16H,5-11H2,1-4H3. The van der Waals surface area contributed by atoms with Crippen LogP contribution in [0.3, 0.4) is 0 Å². The van der Waals surface area contributed by atoms with Gasteiger partial charge in [-0.15, -0.1) is 21.5 Å². The van der Waals surface area contributed by atoms with E-state index in [-0.39, 0.29) is 5.54 Å². The molecule has 0 unspecified atom stereocenters. The molecule has 0 aliphatic heterocycles. The maximum absolute atomic E-state index is 4.47.